The Morgan fingerprint density at radius 1 is 1.22 bits per heavy atom. The average Bonchev–Trinajstić information content (AvgIpc) is 3.45. The van der Waals surface area contributed by atoms with Gasteiger partial charge >= 0.3 is 0 Å². The van der Waals surface area contributed by atoms with Gasteiger partial charge in [0.2, 0.25) is 0 Å². The molecule has 0 N–H and O–H groups in total. The summed E-state index contributed by atoms with van der Waals surface area (Å²) in [7, 11) is 0. The molecule has 0 aliphatic carbocycles. The minimum atomic E-state index is -0.0496. The molecular weight excluding hydrogens is 420 g/mol. The summed E-state index contributed by atoms with van der Waals surface area (Å²) in [4.78, 5) is 20.2. The molecule has 1 amide bonds. The van der Waals surface area contributed by atoms with Crippen LogP contribution in [0.2, 0.25) is 0 Å². The zero-order valence-electron chi connectivity index (χ0n) is 19.2. The molecule has 0 saturated carbocycles. The molecule has 6 heteroatoms. The first-order valence-corrected chi connectivity index (χ1v) is 12.4. The van der Waals surface area contributed by atoms with Crippen LogP contribution in [0.4, 0.5) is 5.13 Å². The fourth-order valence-electron chi connectivity index (χ4n) is 4.11. The van der Waals surface area contributed by atoms with Crippen LogP contribution >= 0.6 is 11.3 Å². The van der Waals surface area contributed by atoms with Gasteiger partial charge in [-0.3, -0.25) is 9.69 Å². The number of amides is 1. The van der Waals surface area contributed by atoms with Gasteiger partial charge in [0.1, 0.15) is 5.75 Å². The maximum absolute atomic E-state index is 13.6. The molecule has 1 atom stereocenters. The summed E-state index contributed by atoms with van der Waals surface area (Å²) >= 11 is 1.58. The molecule has 1 aromatic heterocycles. The van der Waals surface area contributed by atoms with Gasteiger partial charge in [0.25, 0.3) is 5.91 Å². The van der Waals surface area contributed by atoms with E-state index in [2.05, 4.69) is 32.9 Å². The predicted molar refractivity (Wildman–Crippen MR) is 131 cm³/mol. The monoisotopic (exact) mass is 452 g/mol. The topological polar surface area (TPSA) is 51.7 Å². The number of nitrogens with zero attached hydrogens (tertiary/aromatic N) is 2. The van der Waals surface area contributed by atoms with Crippen molar-refractivity contribution in [1.29, 1.82) is 0 Å². The van der Waals surface area contributed by atoms with Gasteiger partial charge in [-0.2, -0.15) is 0 Å². The standard InChI is InChI=1S/C26H32N2O3S/c1-4-5-6-13-30-21-11-9-20(10-12-21)25(29)28(17-22-8-7-14-31-22)26-27-23-16-18(2)15-19(3)24(23)32-26/h9-12,15-16,22H,4-8,13-14,17H2,1-3H3. The Labute approximate surface area is 194 Å². The number of ether oxygens (including phenoxy) is 2. The number of anilines is 1. The molecule has 4 rings (SSSR count). The third kappa shape index (κ3) is 5.30. The average molecular weight is 453 g/mol. The van der Waals surface area contributed by atoms with Crippen molar-refractivity contribution in [1.82, 2.24) is 4.98 Å². The number of rotatable bonds is 9. The largest absolute Gasteiger partial charge is 0.494 e. The number of aromatic nitrogens is 1. The second-order valence-electron chi connectivity index (χ2n) is 8.56. The van der Waals surface area contributed by atoms with Crippen molar-refractivity contribution in [3.05, 3.63) is 53.1 Å². The smallest absolute Gasteiger partial charge is 0.260 e. The van der Waals surface area contributed by atoms with Gasteiger partial charge in [-0.05, 0) is 74.6 Å². The summed E-state index contributed by atoms with van der Waals surface area (Å²) in [6.07, 6.45) is 5.43. The highest BCUT2D eigenvalue weighted by Crippen LogP contribution is 2.33. The first kappa shape index (κ1) is 22.7. The molecule has 5 nitrogen and oxygen atoms in total. The first-order chi connectivity index (χ1) is 15.5. The van der Waals surface area contributed by atoms with Gasteiger partial charge < -0.3 is 9.47 Å². The second kappa shape index (κ2) is 10.5. The van der Waals surface area contributed by atoms with Gasteiger partial charge in [0.15, 0.2) is 5.13 Å². The van der Waals surface area contributed by atoms with E-state index in [1.165, 1.54) is 17.5 Å². The van der Waals surface area contributed by atoms with Gasteiger partial charge in [0, 0.05) is 12.2 Å². The molecule has 0 radical (unpaired) electrons. The number of carbonyl (C=O) groups is 1. The quantitative estimate of drug-likeness (QED) is 0.357. The van der Waals surface area contributed by atoms with Crippen molar-refractivity contribution in [3.63, 3.8) is 0 Å². The van der Waals surface area contributed by atoms with Crippen molar-refractivity contribution in [2.45, 2.75) is 59.0 Å². The molecule has 32 heavy (non-hydrogen) atoms. The van der Waals surface area contributed by atoms with Crippen molar-refractivity contribution in [2.24, 2.45) is 0 Å². The molecule has 1 unspecified atom stereocenters. The Balaban J connectivity index is 1.57. The van der Waals surface area contributed by atoms with Gasteiger partial charge in [-0.1, -0.05) is 37.2 Å². The third-order valence-corrected chi connectivity index (χ3v) is 7.04. The predicted octanol–water partition coefficient (Wildman–Crippen LogP) is 6.31. The highest BCUT2D eigenvalue weighted by atomic mass is 32.1. The van der Waals surface area contributed by atoms with Crippen LogP contribution in [-0.2, 0) is 4.74 Å². The Bertz CT molecular complexity index is 1050. The van der Waals surface area contributed by atoms with Crippen molar-refractivity contribution < 1.29 is 14.3 Å². The minimum absolute atomic E-state index is 0.0496. The van der Waals surface area contributed by atoms with Crippen LogP contribution in [0.25, 0.3) is 10.2 Å². The zero-order chi connectivity index (χ0) is 22.5. The van der Waals surface area contributed by atoms with Crippen molar-refractivity contribution >= 4 is 32.6 Å². The molecule has 1 aliphatic heterocycles. The van der Waals surface area contributed by atoms with Crippen LogP contribution in [-0.4, -0.2) is 36.8 Å². The molecule has 3 aromatic rings. The molecular formula is C26H32N2O3S. The summed E-state index contributed by atoms with van der Waals surface area (Å²) in [6, 6.07) is 11.7. The van der Waals surface area contributed by atoms with Crippen LogP contribution in [0.15, 0.2) is 36.4 Å². The molecule has 1 aliphatic rings. The first-order valence-electron chi connectivity index (χ1n) is 11.6. The van der Waals surface area contributed by atoms with Crippen molar-refractivity contribution in [2.75, 3.05) is 24.7 Å². The summed E-state index contributed by atoms with van der Waals surface area (Å²) in [5.41, 5.74) is 3.95. The Kier molecular flexibility index (Phi) is 7.43. The highest BCUT2D eigenvalue weighted by molar-refractivity contribution is 7.22. The van der Waals surface area contributed by atoms with E-state index in [0.29, 0.717) is 18.7 Å². The fourth-order valence-corrected chi connectivity index (χ4v) is 5.14. The normalized spacial score (nSPS) is 15.9. The zero-order valence-corrected chi connectivity index (χ0v) is 20.0. The number of unbranched alkanes of at least 4 members (excludes halogenated alkanes) is 2. The van der Waals surface area contributed by atoms with Gasteiger partial charge in [-0.15, -0.1) is 0 Å². The molecule has 170 valence electrons. The number of aryl methyl sites for hydroxylation is 2. The maximum atomic E-state index is 13.6. The molecule has 0 spiro atoms. The minimum Gasteiger partial charge on any atom is -0.494 e. The molecule has 0 bridgehead atoms. The Morgan fingerprint density at radius 2 is 2.03 bits per heavy atom. The number of benzene rings is 2. The summed E-state index contributed by atoms with van der Waals surface area (Å²) < 4.78 is 12.8. The fraction of sp³-hybridized carbons (Fsp3) is 0.462. The lowest BCUT2D eigenvalue weighted by Gasteiger charge is -2.23. The van der Waals surface area contributed by atoms with Crippen LogP contribution in [0.3, 0.4) is 0 Å². The number of hydrogen-bond donors (Lipinski definition) is 0. The highest BCUT2D eigenvalue weighted by Gasteiger charge is 2.27. The lowest BCUT2D eigenvalue weighted by atomic mass is 10.1. The van der Waals surface area contributed by atoms with E-state index in [1.807, 2.05) is 24.3 Å². The Morgan fingerprint density at radius 3 is 2.75 bits per heavy atom. The maximum Gasteiger partial charge on any atom is 0.260 e. The summed E-state index contributed by atoms with van der Waals surface area (Å²) in [5, 5.41) is 0.731. The van der Waals surface area contributed by atoms with Crippen LogP contribution in [0.1, 0.15) is 60.5 Å². The van der Waals surface area contributed by atoms with Gasteiger partial charge in [-0.25, -0.2) is 4.98 Å². The molecule has 2 aromatic carbocycles. The summed E-state index contributed by atoms with van der Waals surface area (Å²) in [5.74, 6) is 0.751. The van der Waals surface area contributed by atoms with Crippen LogP contribution < -0.4 is 9.64 Å². The van der Waals surface area contributed by atoms with E-state index >= 15 is 0 Å². The van der Waals surface area contributed by atoms with Crippen LogP contribution in [0, 0.1) is 13.8 Å². The van der Waals surface area contributed by atoms with E-state index < -0.39 is 0 Å². The molecule has 1 fully saturated rings. The van der Waals surface area contributed by atoms with Crippen molar-refractivity contribution in [3.8, 4) is 5.75 Å². The lowest BCUT2D eigenvalue weighted by molar-refractivity contribution is 0.0917. The number of carbonyl (C=O) groups excluding carboxylic acids is 1. The molecule has 2 heterocycles. The number of hydrogen-bond acceptors (Lipinski definition) is 5. The van der Waals surface area contributed by atoms with E-state index in [9.17, 15) is 4.79 Å². The van der Waals surface area contributed by atoms with E-state index in [-0.39, 0.29) is 12.0 Å². The SMILES string of the molecule is CCCCCOc1ccc(C(=O)N(CC2CCCO2)c2nc3cc(C)cc(C)c3s2)cc1. The van der Waals surface area contributed by atoms with E-state index in [0.717, 1.165) is 53.4 Å². The Hall–Kier alpha value is -2.44. The molecule has 1 saturated heterocycles. The van der Waals surface area contributed by atoms with Gasteiger partial charge in [0.05, 0.1) is 29.5 Å². The third-order valence-electron chi connectivity index (χ3n) is 5.81. The second-order valence-corrected chi connectivity index (χ2v) is 9.53. The number of thiazole rings is 1. The van der Waals surface area contributed by atoms with Crippen LogP contribution in [0.5, 0.6) is 5.75 Å². The summed E-state index contributed by atoms with van der Waals surface area (Å²) in [6.45, 7) is 8.34. The lowest BCUT2D eigenvalue weighted by Crippen LogP contribution is -2.37. The van der Waals surface area contributed by atoms with E-state index in [4.69, 9.17) is 14.5 Å². The van der Waals surface area contributed by atoms with E-state index in [1.54, 1.807) is 16.2 Å². The number of fused-ring (bicyclic) bond motifs is 1.